The van der Waals surface area contributed by atoms with E-state index >= 15 is 0 Å². The average molecular weight is 407 g/mol. The predicted octanol–water partition coefficient (Wildman–Crippen LogP) is 4.71. The summed E-state index contributed by atoms with van der Waals surface area (Å²) in [5.74, 6) is 0.209. The molecule has 0 spiro atoms. The van der Waals surface area contributed by atoms with E-state index in [0.29, 0.717) is 34.1 Å². The molecule has 0 aliphatic rings. The lowest BCUT2D eigenvalue weighted by Crippen LogP contribution is -2.10. The molecule has 3 aromatic rings. The summed E-state index contributed by atoms with van der Waals surface area (Å²) in [6, 6.07) is 11.1. The van der Waals surface area contributed by atoms with Gasteiger partial charge in [-0.25, -0.2) is 4.79 Å². The molecule has 2 aromatic carbocycles. The van der Waals surface area contributed by atoms with Crippen molar-refractivity contribution in [1.82, 2.24) is 5.16 Å². The van der Waals surface area contributed by atoms with Crippen LogP contribution in [0.4, 0.5) is 13.2 Å². The fourth-order valence-corrected chi connectivity index (χ4v) is 2.51. The molecule has 0 saturated carbocycles. The lowest BCUT2D eigenvalue weighted by atomic mass is 10.1. The summed E-state index contributed by atoms with van der Waals surface area (Å²) >= 11 is 0. The van der Waals surface area contributed by atoms with Crippen molar-refractivity contribution in [2.75, 3.05) is 6.61 Å². The summed E-state index contributed by atoms with van der Waals surface area (Å²) in [6.45, 7) is 1.40. The van der Waals surface area contributed by atoms with Crippen molar-refractivity contribution >= 4 is 5.97 Å². The molecule has 6 nitrogen and oxygen atoms in total. The van der Waals surface area contributed by atoms with E-state index in [-0.39, 0.29) is 6.61 Å². The molecule has 0 fully saturated rings. The molecule has 1 N–H and O–H groups in total. The number of benzene rings is 2. The van der Waals surface area contributed by atoms with Crippen LogP contribution in [-0.4, -0.2) is 22.8 Å². The van der Waals surface area contributed by atoms with Crippen molar-refractivity contribution in [3.8, 4) is 22.8 Å². The third-order valence-electron chi connectivity index (χ3n) is 3.94. The Balaban J connectivity index is 1.62. The molecule has 0 aliphatic carbocycles. The minimum absolute atomic E-state index is 0.0822. The smallest absolute Gasteiger partial charge is 0.416 e. The van der Waals surface area contributed by atoms with Crippen LogP contribution < -0.4 is 9.47 Å². The number of aromatic nitrogens is 1. The molecule has 0 saturated heterocycles. The highest BCUT2D eigenvalue weighted by atomic mass is 19.4. The molecule has 0 unspecified atom stereocenters. The first-order chi connectivity index (χ1) is 13.7. The van der Waals surface area contributed by atoms with Gasteiger partial charge in [0.2, 0.25) is 0 Å². The largest absolute Gasteiger partial charge is 0.487 e. The van der Waals surface area contributed by atoms with E-state index in [1.807, 2.05) is 0 Å². The van der Waals surface area contributed by atoms with Crippen LogP contribution in [-0.2, 0) is 17.6 Å². The zero-order valence-electron chi connectivity index (χ0n) is 15.2. The van der Waals surface area contributed by atoms with E-state index in [4.69, 9.17) is 19.1 Å². The molecule has 0 aliphatic heterocycles. The fraction of sp³-hybridized carbons (Fsp3) is 0.200. The molecule has 3 rings (SSSR count). The van der Waals surface area contributed by atoms with Crippen LogP contribution in [0.1, 0.15) is 16.8 Å². The SMILES string of the molecule is Cc1cc(OCc2cc(-c3ccc(C(F)(F)F)cc3)on2)ccc1OCC(=O)O. The zero-order valence-corrected chi connectivity index (χ0v) is 15.2. The monoisotopic (exact) mass is 407 g/mol. The number of halogens is 3. The predicted molar refractivity (Wildman–Crippen MR) is 95.6 cm³/mol. The Kier molecular flexibility index (Phi) is 5.76. The van der Waals surface area contributed by atoms with Gasteiger partial charge >= 0.3 is 12.1 Å². The summed E-state index contributed by atoms with van der Waals surface area (Å²) in [4.78, 5) is 10.6. The van der Waals surface area contributed by atoms with Gasteiger partial charge in [-0.1, -0.05) is 17.3 Å². The van der Waals surface area contributed by atoms with Crippen LogP contribution in [0.25, 0.3) is 11.3 Å². The number of ether oxygens (including phenoxy) is 2. The normalized spacial score (nSPS) is 11.3. The molecular weight excluding hydrogens is 391 g/mol. The van der Waals surface area contributed by atoms with Crippen molar-refractivity contribution in [3.63, 3.8) is 0 Å². The summed E-state index contributed by atoms with van der Waals surface area (Å²) in [5.41, 5.74) is 0.890. The van der Waals surface area contributed by atoms with Crippen molar-refractivity contribution in [3.05, 3.63) is 65.4 Å². The second-order valence-electron chi connectivity index (χ2n) is 6.16. The molecule has 0 amide bonds. The molecule has 152 valence electrons. The van der Waals surface area contributed by atoms with E-state index in [2.05, 4.69) is 5.16 Å². The highest BCUT2D eigenvalue weighted by Crippen LogP contribution is 2.31. The fourth-order valence-electron chi connectivity index (χ4n) is 2.51. The van der Waals surface area contributed by atoms with Gasteiger partial charge in [0.05, 0.1) is 5.56 Å². The van der Waals surface area contributed by atoms with Gasteiger partial charge in [0.1, 0.15) is 23.8 Å². The van der Waals surface area contributed by atoms with E-state index in [0.717, 1.165) is 12.1 Å². The molecule has 9 heteroatoms. The maximum atomic E-state index is 12.6. The van der Waals surface area contributed by atoms with Crippen molar-refractivity contribution in [2.24, 2.45) is 0 Å². The van der Waals surface area contributed by atoms with Gasteiger partial charge in [-0.15, -0.1) is 0 Å². The van der Waals surface area contributed by atoms with Gasteiger partial charge in [-0.3, -0.25) is 0 Å². The molecule has 0 radical (unpaired) electrons. The zero-order chi connectivity index (χ0) is 21.0. The van der Waals surface area contributed by atoms with Gasteiger partial charge in [0, 0.05) is 11.6 Å². The Morgan fingerprint density at radius 3 is 2.45 bits per heavy atom. The Morgan fingerprint density at radius 2 is 1.83 bits per heavy atom. The number of rotatable bonds is 7. The van der Waals surface area contributed by atoms with Crippen LogP contribution in [0.2, 0.25) is 0 Å². The number of aliphatic carboxylic acids is 1. The summed E-state index contributed by atoms with van der Waals surface area (Å²) in [5, 5.41) is 12.5. The Morgan fingerprint density at radius 1 is 1.10 bits per heavy atom. The molecule has 29 heavy (non-hydrogen) atoms. The minimum Gasteiger partial charge on any atom is -0.487 e. The number of carbonyl (C=O) groups is 1. The van der Waals surface area contributed by atoms with Gasteiger partial charge in [-0.05, 0) is 42.8 Å². The van der Waals surface area contributed by atoms with Crippen LogP contribution in [0.3, 0.4) is 0 Å². The van der Waals surface area contributed by atoms with Crippen LogP contribution >= 0.6 is 0 Å². The third-order valence-corrected chi connectivity index (χ3v) is 3.94. The second-order valence-corrected chi connectivity index (χ2v) is 6.16. The lowest BCUT2D eigenvalue weighted by Gasteiger charge is -2.09. The van der Waals surface area contributed by atoms with Gasteiger partial charge in [-0.2, -0.15) is 13.2 Å². The van der Waals surface area contributed by atoms with Crippen LogP contribution in [0.5, 0.6) is 11.5 Å². The molecular formula is C20H16F3NO5. The maximum absolute atomic E-state index is 12.6. The summed E-state index contributed by atoms with van der Waals surface area (Å²) < 4.78 is 53.8. The highest BCUT2D eigenvalue weighted by molar-refractivity contribution is 5.68. The summed E-state index contributed by atoms with van der Waals surface area (Å²) in [6.07, 6.45) is -4.40. The van der Waals surface area contributed by atoms with E-state index in [9.17, 15) is 18.0 Å². The van der Waals surface area contributed by atoms with Crippen molar-refractivity contribution in [2.45, 2.75) is 19.7 Å². The summed E-state index contributed by atoms with van der Waals surface area (Å²) in [7, 11) is 0. The number of nitrogens with zero attached hydrogens (tertiary/aromatic N) is 1. The highest BCUT2D eigenvalue weighted by Gasteiger charge is 2.30. The second kappa shape index (κ2) is 8.26. The van der Waals surface area contributed by atoms with E-state index in [1.54, 1.807) is 31.2 Å². The topological polar surface area (TPSA) is 81.8 Å². The Bertz CT molecular complexity index is 996. The quantitative estimate of drug-likeness (QED) is 0.611. The number of carboxylic acid groups (broad SMARTS) is 1. The number of hydrogen-bond donors (Lipinski definition) is 1. The van der Waals surface area contributed by atoms with Crippen molar-refractivity contribution in [1.29, 1.82) is 0 Å². The number of alkyl halides is 3. The van der Waals surface area contributed by atoms with Crippen LogP contribution in [0, 0.1) is 6.92 Å². The number of carboxylic acids is 1. The Hall–Kier alpha value is -3.49. The first-order valence-electron chi connectivity index (χ1n) is 8.43. The average Bonchev–Trinajstić information content (AvgIpc) is 3.14. The minimum atomic E-state index is -4.40. The standard InChI is InChI=1S/C20H16F3NO5/c1-12-8-16(6-7-17(12)28-11-19(25)26)27-10-15-9-18(29-24-15)13-2-4-14(5-3-13)20(21,22)23/h2-9H,10-11H2,1H3,(H,25,26). The van der Waals surface area contributed by atoms with Gasteiger partial charge in [0.15, 0.2) is 12.4 Å². The first-order valence-corrected chi connectivity index (χ1v) is 8.43. The molecule has 1 heterocycles. The molecule has 1 aromatic heterocycles. The maximum Gasteiger partial charge on any atom is 0.416 e. The first kappa shape index (κ1) is 20.2. The van der Waals surface area contributed by atoms with E-state index in [1.165, 1.54) is 12.1 Å². The van der Waals surface area contributed by atoms with Crippen molar-refractivity contribution < 1.29 is 37.1 Å². The third kappa shape index (κ3) is 5.28. The lowest BCUT2D eigenvalue weighted by molar-refractivity contribution is -0.139. The van der Waals surface area contributed by atoms with Gasteiger partial charge in [0.25, 0.3) is 0 Å². The number of hydrogen-bond acceptors (Lipinski definition) is 5. The van der Waals surface area contributed by atoms with Gasteiger partial charge < -0.3 is 19.1 Å². The Labute approximate surface area is 163 Å². The number of aryl methyl sites for hydroxylation is 1. The van der Waals surface area contributed by atoms with Crippen LogP contribution in [0.15, 0.2) is 53.1 Å². The van der Waals surface area contributed by atoms with E-state index < -0.39 is 24.3 Å². The molecule has 0 atom stereocenters. The molecule has 0 bridgehead atoms.